The standard InChI is InChI=1S/C21H30N4O2/c26-19-21(9-11-22-12-10-21)23-20(27)25(19)16-18-7-4-13-24(15-18)14-8-17-5-2-1-3-6-17/h1-3,5-6,18,22H,4,7-16H2,(H,23,27)/t18-/m1/s1. The van der Waals surface area contributed by atoms with Gasteiger partial charge in [0, 0.05) is 19.6 Å². The third-order valence-electron chi connectivity index (χ3n) is 6.31. The van der Waals surface area contributed by atoms with Crippen LogP contribution in [0.3, 0.4) is 0 Å². The minimum Gasteiger partial charge on any atom is -0.323 e. The number of urea groups is 1. The lowest BCUT2D eigenvalue weighted by Gasteiger charge is -2.35. The minimum atomic E-state index is -0.649. The number of rotatable bonds is 5. The zero-order valence-electron chi connectivity index (χ0n) is 16.0. The summed E-state index contributed by atoms with van der Waals surface area (Å²) in [6.07, 6.45) is 4.67. The second kappa shape index (κ2) is 7.98. The van der Waals surface area contributed by atoms with Crippen LogP contribution in [0.5, 0.6) is 0 Å². The summed E-state index contributed by atoms with van der Waals surface area (Å²) in [5.41, 5.74) is 0.714. The van der Waals surface area contributed by atoms with Crippen molar-refractivity contribution in [3.05, 3.63) is 35.9 Å². The van der Waals surface area contributed by atoms with Crippen molar-refractivity contribution in [2.75, 3.05) is 39.3 Å². The van der Waals surface area contributed by atoms with Gasteiger partial charge >= 0.3 is 6.03 Å². The van der Waals surface area contributed by atoms with Gasteiger partial charge in [0.25, 0.3) is 5.91 Å². The molecule has 0 saturated carbocycles. The molecular weight excluding hydrogens is 340 g/mol. The van der Waals surface area contributed by atoms with Gasteiger partial charge in [-0.3, -0.25) is 9.69 Å². The van der Waals surface area contributed by atoms with Gasteiger partial charge in [-0.1, -0.05) is 30.3 Å². The molecule has 0 bridgehead atoms. The van der Waals surface area contributed by atoms with Gasteiger partial charge in [0.1, 0.15) is 5.54 Å². The molecule has 3 saturated heterocycles. The largest absolute Gasteiger partial charge is 0.325 e. The van der Waals surface area contributed by atoms with Crippen LogP contribution < -0.4 is 10.6 Å². The molecule has 1 atom stereocenters. The lowest BCUT2D eigenvalue weighted by atomic mass is 9.88. The molecular formula is C21H30N4O2. The van der Waals surface area contributed by atoms with E-state index in [1.807, 2.05) is 6.07 Å². The Labute approximate surface area is 161 Å². The first kappa shape index (κ1) is 18.4. The van der Waals surface area contributed by atoms with Crippen LogP contribution in [0.25, 0.3) is 0 Å². The Bertz CT molecular complexity index is 672. The second-order valence-corrected chi connectivity index (χ2v) is 8.22. The summed E-state index contributed by atoms with van der Waals surface area (Å²) < 4.78 is 0. The fraction of sp³-hybridized carbons (Fsp3) is 0.619. The van der Waals surface area contributed by atoms with E-state index in [2.05, 4.69) is 39.8 Å². The lowest BCUT2D eigenvalue weighted by molar-refractivity contribution is -0.132. The van der Waals surface area contributed by atoms with Gasteiger partial charge in [0.15, 0.2) is 0 Å². The summed E-state index contributed by atoms with van der Waals surface area (Å²) in [4.78, 5) is 29.4. The maximum absolute atomic E-state index is 13.0. The van der Waals surface area contributed by atoms with E-state index in [-0.39, 0.29) is 11.9 Å². The molecule has 3 amide bonds. The van der Waals surface area contributed by atoms with Crippen molar-refractivity contribution in [1.29, 1.82) is 0 Å². The molecule has 4 rings (SSSR count). The Hall–Kier alpha value is -1.92. The second-order valence-electron chi connectivity index (χ2n) is 8.22. The van der Waals surface area contributed by atoms with Crippen LogP contribution >= 0.6 is 0 Å². The van der Waals surface area contributed by atoms with Crippen LogP contribution in [0.2, 0.25) is 0 Å². The van der Waals surface area contributed by atoms with Crippen molar-refractivity contribution in [3.8, 4) is 0 Å². The summed E-state index contributed by atoms with van der Waals surface area (Å²) in [7, 11) is 0. The molecule has 1 spiro atoms. The van der Waals surface area contributed by atoms with Gasteiger partial charge in [-0.2, -0.15) is 0 Å². The number of imide groups is 1. The first-order valence-electron chi connectivity index (χ1n) is 10.3. The highest BCUT2D eigenvalue weighted by molar-refractivity contribution is 6.07. The number of hydrogen-bond acceptors (Lipinski definition) is 4. The molecule has 1 aromatic rings. The van der Waals surface area contributed by atoms with Crippen molar-refractivity contribution in [1.82, 2.24) is 20.4 Å². The number of nitrogens with one attached hydrogen (secondary N) is 2. The molecule has 27 heavy (non-hydrogen) atoms. The third-order valence-corrected chi connectivity index (χ3v) is 6.31. The topological polar surface area (TPSA) is 64.7 Å². The SMILES string of the molecule is O=C1NC2(CCNCC2)C(=O)N1C[C@@H]1CCCN(CCc2ccccc2)C1. The van der Waals surface area contributed by atoms with Crippen LogP contribution in [0.4, 0.5) is 4.79 Å². The van der Waals surface area contributed by atoms with E-state index in [1.165, 1.54) is 10.5 Å². The molecule has 3 aliphatic rings. The molecule has 2 N–H and O–H groups in total. The normalized spacial score (nSPS) is 25.8. The van der Waals surface area contributed by atoms with Crippen molar-refractivity contribution in [2.45, 2.75) is 37.6 Å². The summed E-state index contributed by atoms with van der Waals surface area (Å²) >= 11 is 0. The highest BCUT2D eigenvalue weighted by Gasteiger charge is 2.51. The Morgan fingerprint density at radius 1 is 1.11 bits per heavy atom. The zero-order chi connectivity index (χ0) is 18.7. The number of piperidine rings is 2. The van der Waals surface area contributed by atoms with E-state index in [9.17, 15) is 9.59 Å². The number of nitrogens with zero attached hydrogens (tertiary/aromatic N) is 2. The maximum Gasteiger partial charge on any atom is 0.325 e. The Morgan fingerprint density at radius 2 is 1.89 bits per heavy atom. The molecule has 146 valence electrons. The van der Waals surface area contributed by atoms with E-state index in [4.69, 9.17) is 0 Å². The van der Waals surface area contributed by atoms with Gasteiger partial charge in [-0.05, 0) is 63.2 Å². The summed E-state index contributed by atoms with van der Waals surface area (Å²) in [5, 5.41) is 6.27. The molecule has 0 aromatic heterocycles. The van der Waals surface area contributed by atoms with Crippen LogP contribution in [0.1, 0.15) is 31.2 Å². The van der Waals surface area contributed by atoms with Crippen LogP contribution in [-0.4, -0.2) is 66.5 Å². The summed E-state index contributed by atoms with van der Waals surface area (Å²) in [5.74, 6) is 0.372. The number of carbonyl (C=O) groups is 2. The lowest BCUT2D eigenvalue weighted by Crippen LogP contribution is -2.54. The highest BCUT2D eigenvalue weighted by atomic mass is 16.2. The van der Waals surface area contributed by atoms with Crippen LogP contribution in [0.15, 0.2) is 30.3 Å². The molecule has 0 radical (unpaired) electrons. The van der Waals surface area contributed by atoms with Crippen molar-refractivity contribution < 1.29 is 9.59 Å². The minimum absolute atomic E-state index is 0.00425. The summed E-state index contributed by atoms with van der Waals surface area (Å²) in [6, 6.07) is 10.4. The molecule has 0 aliphatic carbocycles. The Morgan fingerprint density at radius 3 is 2.67 bits per heavy atom. The molecule has 1 aromatic carbocycles. The molecule has 0 unspecified atom stereocenters. The molecule has 6 heteroatoms. The van der Waals surface area contributed by atoms with E-state index >= 15 is 0 Å². The van der Waals surface area contributed by atoms with Crippen LogP contribution in [-0.2, 0) is 11.2 Å². The van der Waals surface area contributed by atoms with Gasteiger partial charge in [-0.15, -0.1) is 0 Å². The fourth-order valence-electron chi connectivity index (χ4n) is 4.73. The van der Waals surface area contributed by atoms with Gasteiger partial charge in [0.2, 0.25) is 0 Å². The third kappa shape index (κ3) is 4.01. The predicted octanol–water partition coefficient (Wildman–Crippen LogP) is 1.62. The van der Waals surface area contributed by atoms with E-state index < -0.39 is 5.54 Å². The number of benzene rings is 1. The number of amides is 3. The smallest absolute Gasteiger partial charge is 0.323 e. The highest BCUT2D eigenvalue weighted by Crippen LogP contribution is 2.29. The van der Waals surface area contributed by atoms with Gasteiger partial charge in [0.05, 0.1) is 0 Å². The van der Waals surface area contributed by atoms with Crippen molar-refractivity contribution in [3.63, 3.8) is 0 Å². The van der Waals surface area contributed by atoms with Crippen LogP contribution in [0, 0.1) is 5.92 Å². The number of likely N-dealkylation sites (tertiary alicyclic amines) is 1. The zero-order valence-corrected chi connectivity index (χ0v) is 16.0. The van der Waals surface area contributed by atoms with E-state index in [0.717, 1.165) is 52.0 Å². The van der Waals surface area contributed by atoms with Gasteiger partial charge < -0.3 is 15.5 Å². The van der Waals surface area contributed by atoms with Gasteiger partial charge in [-0.25, -0.2) is 4.79 Å². The number of carbonyl (C=O) groups excluding carboxylic acids is 2. The fourth-order valence-corrected chi connectivity index (χ4v) is 4.73. The average molecular weight is 370 g/mol. The predicted molar refractivity (Wildman–Crippen MR) is 104 cm³/mol. The van der Waals surface area contributed by atoms with Crippen molar-refractivity contribution in [2.24, 2.45) is 5.92 Å². The molecule has 3 fully saturated rings. The molecule has 3 heterocycles. The Balaban J connectivity index is 1.32. The average Bonchev–Trinajstić information content (AvgIpc) is 2.92. The monoisotopic (exact) mass is 370 g/mol. The molecule has 6 nitrogen and oxygen atoms in total. The first-order chi connectivity index (χ1) is 13.2. The quantitative estimate of drug-likeness (QED) is 0.773. The van der Waals surface area contributed by atoms with E-state index in [0.29, 0.717) is 25.3 Å². The van der Waals surface area contributed by atoms with E-state index in [1.54, 1.807) is 0 Å². The maximum atomic E-state index is 13.0. The number of hydrogen-bond donors (Lipinski definition) is 2. The molecule has 3 aliphatic heterocycles. The summed E-state index contributed by atoms with van der Waals surface area (Å²) in [6.45, 7) is 5.25. The first-order valence-corrected chi connectivity index (χ1v) is 10.3. The van der Waals surface area contributed by atoms with Crippen molar-refractivity contribution >= 4 is 11.9 Å². The Kier molecular flexibility index (Phi) is 5.45.